The second-order valence-electron chi connectivity index (χ2n) is 7.27. The third-order valence-electron chi connectivity index (χ3n) is 4.97. The van der Waals surface area contributed by atoms with Crippen molar-refractivity contribution in [3.8, 4) is 11.5 Å². The molecular formula is C22H25N3O6S. The number of sulfonamides is 1. The first kappa shape index (κ1) is 23.3. The van der Waals surface area contributed by atoms with Gasteiger partial charge in [-0.2, -0.15) is 4.31 Å². The third-order valence-corrected chi connectivity index (χ3v) is 6.76. The van der Waals surface area contributed by atoms with Crippen molar-refractivity contribution < 1.29 is 17.9 Å². The molecule has 0 aliphatic heterocycles. The highest BCUT2D eigenvalue weighted by molar-refractivity contribution is 7.89. The molecule has 1 heterocycles. The maximum Gasteiger partial charge on any atom is 0.330 e. The lowest BCUT2D eigenvalue weighted by Gasteiger charge is -2.19. The summed E-state index contributed by atoms with van der Waals surface area (Å²) in [5.74, 6) is 0.986. The highest BCUT2D eigenvalue weighted by Crippen LogP contribution is 2.29. The molecule has 0 N–H and O–H groups in total. The summed E-state index contributed by atoms with van der Waals surface area (Å²) >= 11 is 0. The molecule has 0 unspecified atom stereocenters. The van der Waals surface area contributed by atoms with Gasteiger partial charge in [0.15, 0.2) is 16.4 Å². The summed E-state index contributed by atoms with van der Waals surface area (Å²) in [6.07, 6.45) is 1.04. The average molecular weight is 460 g/mol. The van der Waals surface area contributed by atoms with Gasteiger partial charge in [0.25, 0.3) is 5.56 Å². The fourth-order valence-electron chi connectivity index (χ4n) is 3.13. The molecule has 0 amide bonds. The monoisotopic (exact) mass is 459 g/mol. The fourth-order valence-corrected chi connectivity index (χ4v) is 4.43. The summed E-state index contributed by atoms with van der Waals surface area (Å²) in [6.45, 7) is 0.352. The number of hydrogen-bond acceptors (Lipinski definition) is 6. The van der Waals surface area contributed by atoms with Crippen molar-refractivity contribution in [2.45, 2.75) is 18.0 Å². The molecule has 0 fully saturated rings. The van der Waals surface area contributed by atoms with E-state index in [2.05, 4.69) is 0 Å². The fraction of sp³-hybridized carbons (Fsp3) is 0.273. The molecule has 10 heteroatoms. The van der Waals surface area contributed by atoms with Crippen LogP contribution in [0.2, 0.25) is 0 Å². The lowest BCUT2D eigenvalue weighted by molar-refractivity contribution is 0.284. The van der Waals surface area contributed by atoms with E-state index in [0.717, 1.165) is 25.2 Å². The molecule has 170 valence electrons. The van der Waals surface area contributed by atoms with Gasteiger partial charge in [0.2, 0.25) is 10.0 Å². The van der Waals surface area contributed by atoms with Crippen LogP contribution in [-0.4, -0.2) is 36.0 Å². The number of methoxy groups -OCH3 is 1. The second kappa shape index (κ2) is 9.41. The second-order valence-corrected chi connectivity index (χ2v) is 9.28. The SMILES string of the molecule is COc1cc(CN(C)S(=O)(=O)c2cn(C)c(=O)n(C)c2=O)ccc1OCc1ccccc1. The number of aromatic nitrogens is 2. The van der Waals surface area contributed by atoms with E-state index in [-0.39, 0.29) is 6.54 Å². The van der Waals surface area contributed by atoms with Gasteiger partial charge in [-0.25, -0.2) is 13.2 Å². The van der Waals surface area contributed by atoms with Crippen molar-refractivity contribution in [3.05, 3.63) is 86.7 Å². The molecule has 0 saturated carbocycles. The number of aryl methyl sites for hydroxylation is 1. The summed E-state index contributed by atoms with van der Waals surface area (Å²) in [4.78, 5) is 23.8. The Labute approximate surface area is 186 Å². The smallest absolute Gasteiger partial charge is 0.330 e. The van der Waals surface area contributed by atoms with E-state index in [1.165, 1.54) is 28.3 Å². The highest BCUT2D eigenvalue weighted by Gasteiger charge is 2.26. The highest BCUT2D eigenvalue weighted by atomic mass is 32.2. The van der Waals surface area contributed by atoms with Crippen LogP contribution in [0.3, 0.4) is 0 Å². The Morgan fingerprint density at radius 2 is 1.66 bits per heavy atom. The molecule has 2 aromatic carbocycles. The number of hydrogen-bond donors (Lipinski definition) is 0. The minimum absolute atomic E-state index is 0.0103. The maximum atomic E-state index is 13.0. The van der Waals surface area contributed by atoms with Gasteiger partial charge >= 0.3 is 5.69 Å². The van der Waals surface area contributed by atoms with E-state index in [0.29, 0.717) is 23.7 Å². The predicted molar refractivity (Wildman–Crippen MR) is 119 cm³/mol. The zero-order chi connectivity index (χ0) is 23.5. The van der Waals surface area contributed by atoms with E-state index >= 15 is 0 Å². The molecule has 9 nitrogen and oxygen atoms in total. The summed E-state index contributed by atoms with van der Waals surface area (Å²) < 4.78 is 40.1. The minimum Gasteiger partial charge on any atom is -0.493 e. The minimum atomic E-state index is -4.14. The lowest BCUT2D eigenvalue weighted by Crippen LogP contribution is -2.41. The Morgan fingerprint density at radius 3 is 2.31 bits per heavy atom. The van der Waals surface area contributed by atoms with Crippen LogP contribution < -0.4 is 20.7 Å². The van der Waals surface area contributed by atoms with Crippen LogP contribution in [0.4, 0.5) is 0 Å². The van der Waals surface area contributed by atoms with E-state index in [1.807, 2.05) is 30.3 Å². The van der Waals surface area contributed by atoms with Crippen LogP contribution in [0.15, 0.2) is 69.2 Å². The summed E-state index contributed by atoms with van der Waals surface area (Å²) in [5, 5.41) is 0. The van der Waals surface area contributed by atoms with E-state index in [1.54, 1.807) is 18.2 Å². The standard InChI is InChI=1S/C22H25N3O6S/c1-23-14-20(21(26)25(3)22(23)27)32(28,29)24(2)13-17-10-11-18(19(12-17)30-4)31-15-16-8-6-5-7-9-16/h5-12,14H,13,15H2,1-4H3. The molecule has 0 atom stereocenters. The molecule has 1 aromatic heterocycles. The van der Waals surface area contributed by atoms with Crippen molar-refractivity contribution in [1.82, 2.24) is 13.4 Å². The maximum absolute atomic E-state index is 13.0. The molecule has 3 rings (SSSR count). The number of rotatable bonds is 8. The third kappa shape index (κ3) is 4.76. The zero-order valence-electron chi connectivity index (χ0n) is 18.3. The van der Waals surface area contributed by atoms with Gasteiger partial charge in [-0.1, -0.05) is 36.4 Å². The summed E-state index contributed by atoms with van der Waals surface area (Å²) in [5.41, 5.74) is 0.166. The lowest BCUT2D eigenvalue weighted by atomic mass is 10.2. The Bertz CT molecular complexity index is 1330. The molecule has 0 radical (unpaired) electrons. The predicted octanol–water partition coefficient (Wildman–Crippen LogP) is 1.49. The van der Waals surface area contributed by atoms with Crippen LogP contribution in [0.25, 0.3) is 0 Å². The topological polar surface area (TPSA) is 99.8 Å². The van der Waals surface area contributed by atoms with E-state index in [4.69, 9.17) is 9.47 Å². The molecule has 0 bridgehead atoms. The van der Waals surface area contributed by atoms with Crippen molar-refractivity contribution in [1.29, 1.82) is 0 Å². The van der Waals surface area contributed by atoms with Gasteiger partial charge in [0.1, 0.15) is 6.61 Å². The largest absolute Gasteiger partial charge is 0.493 e. The normalized spacial score (nSPS) is 11.5. The van der Waals surface area contributed by atoms with Gasteiger partial charge < -0.3 is 14.0 Å². The zero-order valence-corrected chi connectivity index (χ0v) is 19.1. The van der Waals surface area contributed by atoms with Crippen molar-refractivity contribution >= 4 is 10.0 Å². The van der Waals surface area contributed by atoms with E-state index < -0.39 is 26.2 Å². The first-order valence-electron chi connectivity index (χ1n) is 9.71. The number of benzene rings is 2. The summed E-state index contributed by atoms with van der Waals surface area (Å²) in [6, 6.07) is 14.8. The van der Waals surface area contributed by atoms with Crippen molar-refractivity contribution in [2.75, 3.05) is 14.2 Å². The number of nitrogens with zero attached hydrogens (tertiary/aromatic N) is 3. The molecule has 0 saturated heterocycles. The number of ether oxygens (including phenoxy) is 2. The quantitative estimate of drug-likeness (QED) is 0.506. The van der Waals surface area contributed by atoms with Crippen LogP contribution >= 0.6 is 0 Å². The van der Waals surface area contributed by atoms with Gasteiger partial charge in [0, 0.05) is 33.9 Å². The Morgan fingerprint density at radius 1 is 0.969 bits per heavy atom. The van der Waals surface area contributed by atoms with Crippen LogP contribution in [-0.2, 0) is 37.3 Å². The molecule has 3 aromatic rings. The first-order valence-corrected chi connectivity index (χ1v) is 11.2. The van der Waals surface area contributed by atoms with Gasteiger partial charge in [-0.15, -0.1) is 0 Å². The molecule has 0 aliphatic rings. The van der Waals surface area contributed by atoms with Crippen LogP contribution in [0, 0.1) is 0 Å². The van der Waals surface area contributed by atoms with Crippen molar-refractivity contribution in [2.24, 2.45) is 14.1 Å². The average Bonchev–Trinajstić information content (AvgIpc) is 2.79. The Kier molecular flexibility index (Phi) is 6.85. The molecule has 32 heavy (non-hydrogen) atoms. The first-order chi connectivity index (χ1) is 15.1. The summed E-state index contributed by atoms with van der Waals surface area (Å²) in [7, 11) is 1.36. The molecule has 0 spiro atoms. The van der Waals surface area contributed by atoms with Gasteiger partial charge in [-0.3, -0.25) is 9.36 Å². The van der Waals surface area contributed by atoms with Crippen LogP contribution in [0.5, 0.6) is 11.5 Å². The van der Waals surface area contributed by atoms with E-state index in [9.17, 15) is 18.0 Å². The van der Waals surface area contributed by atoms with Gasteiger partial charge in [0.05, 0.1) is 7.11 Å². The Hall–Kier alpha value is -3.37. The molecule has 0 aliphatic carbocycles. The van der Waals surface area contributed by atoms with Gasteiger partial charge in [-0.05, 0) is 23.3 Å². The van der Waals surface area contributed by atoms with Crippen LogP contribution in [0.1, 0.15) is 11.1 Å². The molecular weight excluding hydrogens is 434 g/mol. The Balaban J connectivity index is 1.82. The van der Waals surface area contributed by atoms with Crippen molar-refractivity contribution in [3.63, 3.8) is 0 Å².